The molecule has 0 atom stereocenters. The van der Waals surface area contributed by atoms with Gasteiger partial charge >= 0.3 is 0 Å². The Morgan fingerprint density at radius 3 is 2.85 bits per heavy atom. The molecule has 0 saturated carbocycles. The minimum absolute atomic E-state index is 0.664. The Morgan fingerprint density at radius 2 is 2.15 bits per heavy atom. The van der Waals surface area contributed by atoms with Gasteiger partial charge in [0.25, 0.3) is 0 Å². The van der Waals surface area contributed by atoms with Gasteiger partial charge in [-0.15, -0.1) is 10.2 Å². The van der Waals surface area contributed by atoms with E-state index in [2.05, 4.69) is 33.6 Å². The lowest BCUT2D eigenvalue weighted by Gasteiger charge is -2.01. The van der Waals surface area contributed by atoms with Crippen molar-refractivity contribution in [2.45, 2.75) is 13.3 Å². The molecule has 66 valence electrons. The Kier molecular flexibility index (Phi) is 2.04. The minimum Gasteiger partial charge on any atom is -0.177 e. The fourth-order valence-corrected chi connectivity index (χ4v) is 1.32. The van der Waals surface area contributed by atoms with Crippen LogP contribution in [0, 0.1) is 0 Å². The first-order valence-corrected chi connectivity index (χ1v) is 4.23. The molecule has 0 aliphatic rings. The molecular formula is C9H10N4. The molecule has 1 aromatic carbocycles. The van der Waals surface area contributed by atoms with Crippen LogP contribution in [-0.2, 0) is 6.42 Å². The van der Waals surface area contributed by atoms with Crippen molar-refractivity contribution in [1.29, 1.82) is 0 Å². The molecule has 1 heterocycles. The van der Waals surface area contributed by atoms with Crippen molar-refractivity contribution in [3.63, 3.8) is 0 Å². The van der Waals surface area contributed by atoms with E-state index in [9.17, 15) is 0 Å². The molecule has 4 nitrogen and oxygen atoms in total. The zero-order valence-electron chi connectivity index (χ0n) is 7.36. The molecule has 1 aromatic heterocycles. The lowest BCUT2D eigenvalue weighted by atomic mass is 10.1. The molecule has 0 spiro atoms. The van der Waals surface area contributed by atoms with Crippen molar-refractivity contribution in [3.8, 4) is 11.4 Å². The molecular weight excluding hydrogens is 164 g/mol. The second kappa shape index (κ2) is 3.35. The maximum absolute atomic E-state index is 3.95. The predicted molar refractivity (Wildman–Crippen MR) is 49.0 cm³/mol. The van der Waals surface area contributed by atoms with E-state index in [0.717, 1.165) is 12.0 Å². The maximum atomic E-state index is 3.95. The van der Waals surface area contributed by atoms with Crippen LogP contribution in [-0.4, -0.2) is 20.6 Å². The Labute approximate surface area is 76.0 Å². The third-order valence-corrected chi connectivity index (χ3v) is 1.98. The number of tetrazole rings is 1. The SMILES string of the molecule is CCc1ccccc1-c1nn[nH]n1. The summed E-state index contributed by atoms with van der Waals surface area (Å²) in [5.74, 6) is 0.664. The quantitative estimate of drug-likeness (QED) is 0.749. The van der Waals surface area contributed by atoms with E-state index in [1.54, 1.807) is 0 Å². The first kappa shape index (κ1) is 7.91. The molecule has 0 amide bonds. The molecule has 4 heteroatoms. The van der Waals surface area contributed by atoms with Crippen molar-refractivity contribution < 1.29 is 0 Å². The van der Waals surface area contributed by atoms with E-state index in [1.165, 1.54) is 5.56 Å². The van der Waals surface area contributed by atoms with E-state index in [0.29, 0.717) is 5.82 Å². The van der Waals surface area contributed by atoms with Gasteiger partial charge in [0, 0.05) is 5.56 Å². The standard InChI is InChI=1S/C9H10N4/c1-2-7-5-3-4-6-8(7)9-10-12-13-11-9/h3-6H,2H2,1H3,(H,10,11,12,13). The highest BCUT2D eigenvalue weighted by Gasteiger charge is 2.05. The van der Waals surface area contributed by atoms with Crippen LogP contribution in [0.3, 0.4) is 0 Å². The third kappa shape index (κ3) is 1.42. The number of hydrogen-bond donors (Lipinski definition) is 1. The van der Waals surface area contributed by atoms with E-state index in [4.69, 9.17) is 0 Å². The number of nitrogens with one attached hydrogen (secondary N) is 1. The summed E-state index contributed by atoms with van der Waals surface area (Å²) in [5.41, 5.74) is 2.29. The number of aromatic amines is 1. The Morgan fingerprint density at radius 1 is 1.31 bits per heavy atom. The van der Waals surface area contributed by atoms with Gasteiger partial charge in [-0.05, 0) is 17.2 Å². The monoisotopic (exact) mass is 174 g/mol. The van der Waals surface area contributed by atoms with Crippen molar-refractivity contribution in [2.24, 2.45) is 0 Å². The Balaban J connectivity index is 2.51. The van der Waals surface area contributed by atoms with Gasteiger partial charge in [0.15, 0.2) is 0 Å². The zero-order valence-corrected chi connectivity index (χ0v) is 7.36. The molecule has 0 bridgehead atoms. The van der Waals surface area contributed by atoms with Crippen molar-refractivity contribution in [1.82, 2.24) is 20.6 Å². The maximum Gasteiger partial charge on any atom is 0.204 e. The number of H-pyrrole nitrogens is 1. The first-order valence-electron chi connectivity index (χ1n) is 4.23. The van der Waals surface area contributed by atoms with Crippen LogP contribution in [0.5, 0.6) is 0 Å². The van der Waals surface area contributed by atoms with Crippen LogP contribution in [0.2, 0.25) is 0 Å². The highest BCUT2D eigenvalue weighted by Crippen LogP contribution is 2.18. The fraction of sp³-hybridized carbons (Fsp3) is 0.222. The van der Waals surface area contributed by atoms with Crippen molar-refractivity contribution >= 4 is 0 Å². The van der Waals surface area contributed by atoms with Gasteiger partial charge in [-0.3, -0.25) is 0 Å². The smallest absolute Gasteiger partial charge is 0.177 e. The zero-order chi connectivity index (χ0) is 9.10. The minimum atomic E-state index is 0.664. The molecule has 0 unspecified atom stereocenters. The van der Waals surface area contributed by atoms with E-state index >= 15 is 0 Å². The molecule has 0 radical (unpaired) electrons. The van der Waals surface area contributed by atoms with Crippen LogP contribution >= 0.6 is 0 Å². The van der Waals surface area contributed by atoms with E-state index in [-0.39, 0.29) is 0 Å². The summed E-state index contributed by atoms with van der Waals surface area (Å²) >= 11 is 0. The van der Waals surface area contributed by atoms with Gasteiger partial charge in [-0.2, -0.15) is 5.21 Å². The van der Waals surface area contributed by atoms with Gasteiger partial charge in [0.05, 0.1) is 0 Å². The molecule has 0 aliphatic carbocycles. The average molecular weight is 174 g/mol. The number of nitrogens with zero attached hydrogens (tertiary/aromatic N) is 3. The van der Waals surface area contributed by atoms with Crippen LogP contribution < -0.4 is 0 Å². The van der Waals surface area contributed by atoms with Gasteiger partial charge < -0.3 is 0 Å². The topological polar surface area (TPSA) is 54.5 Å². The fourth-order valence-electron chi connectivity index (χ4n) is 1.32. The van der Waals surface area contributed by atoms with Gasteiger partial charge in [0.1, 0.15) is 0 Å². The normalized spacial score (nSPS) is 10.2. The first-order chi connectivity index (χ1) is 6.42. The van der Waals surface area contributed by atoms with Crippen LogP contribution in [0.1, 0.15) is 12.5 Å². The number of aryl methyl sites for hydroxylation is 1. The highest BCUT2D eigenvalue weighted by molar-refractivity contribution is 5.59. The summed E-state index contributed by atoms with van der Waals surface area (Å²) < 4.78 is 0. The summed E-state index contributed by atoms with van der Waals surface area (Å²) in [6.07, 6.45) is 0.977. The lowest BCUT2D eigenvalue weighted by molar-refractivity contribution is 0.881. The summed E-state index contributed by atoms with van der Waals surface area (Å²) in [6.45, 7) is 2.11. The second-order valence-electron chi connectivity index (χ2n) is 2.75. The number of aromatic nitrogens is 4. The van der Waals surface area contributed by atoms with E-state index < -0.39 is 0 Å². The van der Waals surface area contributed by atoms with Crippen LogP contribution in [0.25, 0.3) is 11.4 Å². The summed E-state index contributed by atoms with van der Waals surface area (Å²) in [5, 5.41) is 13.9. The Hall–Kier alpha value is -1.71. The van der Waals surface area contributed by atoms with Gasteiger partial charge in [-0.1, -0.05) is 31.2 Å². The summed E-state index contributed by atoms with van der Waals surface area (Å²) in [4.78, 5) is 0. The second-order valence-corrected chi connectivity index (χ2v) is 2.75. The van der Waals surface area contributed by atoms with Crippen LogP contribution in [0.15, 0.2) is 24.3 Å². The Bertz CT molecular complexity index is 380. The summed E-state index contributed by atoms with van der Waals surface area (Å²) in [6, 6.07) is 8.07. The average Bonchev–Trinajstić information content (AvgIpc) is 2.70. The molecule has 0 fully saturated rings. The largest absolute Gasteiger partial charge is 0.204 e. The van der Waals surface area contributed by atoms with Crippen LogP contribution in [0.4, 0.5) is 0 Å². The lowest BCUT2D eigenvalue weighted by Crippen LogP contribution is -1.88. The molecule has 0 aliphatic heterocycles. The van der Waals surface area contributed by atoms with E-state index in [1.807, 2.05) is 18.2 Å². The van der Waals surface area contributed by atoms with Crippen molar-refractivity contribution in [2.75, 3.05) is 0 Å². The molecule has 13 heavy (non-hydrogen) atoms. The third-order valence-electron chi connectivity index (χ3n) is 1.98. The van der Waals surface area contributed by atoms with Gasteiger partial charge in [-0.25, -0.2) is 0 Å². The number of rotatable bonds is 2. The highest BCUT2D eigenvalue weighted by atomic mass is 15.5. The molecule has 2 rings (SSSR count). The number of benzene rings is 1. The van der Waals surface area contributed by atoms with Gasteiger partial charge in [0.2, 0.25) is 5.82 Å². The molecule has 0 saturated heterocycles. The predicted octanol–water partition coefficient (Wildman–Crippen LogP) is 1.43. The van der Waals surface area contributed by atoms with Crippen molar-refractivity contribution in [3.05, 3.63) is 29.8 Å². The molecule has 2 aromatic rings. The molecule has 1 N–H and O–H groups in total. The number of hydrogen-bond acceptors (Lipinski definition) is 3. The summed E-state index contributed by atoms with van der Waals surface area (Å²) in [7, 11) is 0.